The summed E-state index contributed by atoms with van der Waals surface area (Å²) in [5.74, 6) is -0.705. The van der Waals surface area contributed by atoms with Gasteiger partial charge in [0.25, 0.3) is 5.91 Å². The minimum Gasteiger partial charge on any atom is -0.342 e. The number of piperazine rings is 1. The lowest BCUT2D eigenvalue weighted by molar-refractivity contribution is -0.132. The van der Waals surface area contributed by atoms with Crippen LogP contribution in [0.5, 0.6) is 0 Å². The van der Waals surface area contributed by atoms with Gasteiger partial charge in [0, 0.05) is 43.7 Å². The Morgan fingerprint density at radius 2 is 1.79 bits per heavy atom. The van der Waals surface area contributed by atoms with Gasteiger partial charge in [-0.05, 0) is 32.0 Å². The van der Waals surface area contributed by atoms with E-state index in [0.717, 1.165) is 0 Å². The summed E-state index contributed by atoms with van der Waals surface area (Å²) in [6, 6.07) is 4.37. The van der Waals surface area contributed by atoms with Gasteiger partial charge < -0.3 is 9.80 Å². The topological polar surface area (TPSA) is 43.9 Å². The summed E-state index contributed by atoms with van der Waals surface area (Å²) in [6.45, 7) is 7.94. The van der Waals surface area contributed by atoms with Crippen molar-refractivity contribution in [1.82, 2.24) is 14.7 Å². The van der Waals surface area contributed by atoms with Crippen molar-refractivity contribution >= 4 is 27.7 Å². The van der Waals surface area contributed by atoms with Crippen molar-refractivity contribution < 1.29 is 14.0 Å². The number of halogens is 2. The zero-order valence-corrected chi connectivity index (χ0v) is 15.7. The van der Waals surface area contributed by atoms with Gasteiger partial charge >= 0.3 is 0 Å². The molecule has 0 saturated carbocycles. The minimum atomic E-state index is -0.512. The molecule has 7 heteroatoms. The third-order valence-corrected chi connectivity index (χ3v) is 4.79. The Kier molecular flexibility index (Phi) is 6.74. The number of rotatable bonds is 5. The van der Waals surface area contributed by atoms with E-state index in [4.69, 9.17) is 0 Å². The van der Waals surface area contributed by atoms with Crippen LogP contribution in [0, 0.1) is 5.82 Å². The van der Waals surface area contributed by atoms with Gasteiger partial charge in [0.1, 0.15) is 5.82 Å². The highest BCUT2D eigenvalue weighted by Gasteiger charge is 2.25. The molecule has 0 atom stereocenters. The van der Waals surface area contributed by atoms with Crippen LogP contribution in [0.4, 0.5) is 4.39 Å². The average Bonchev–Trinajstić information content (AvgIpc) is 2.58. The van der Waals surface area contributed by atoms with Crippen LogP contribution in [0.15, 0.2) is 22.7 Å². The molecular weight excluding hydrogens is 377 g/mol. The Hall–Kier alpha value is -1.47. The average molecular weight is 400 g/mol. The fourth-order valence-electron chi connectivity index (χ4n) is 2.81. The van der Waals surface area contributed by atoms with Crippen molar-refractivity contribution in [3.05, 3.63) is 34.1 Å². The lowest BCUT2D eigenvalue weighted by Crippen LogP contribution is -2.51. The summed E-state index contributed by atoms with van der Waals surface area (Å²) in [5, 5.41) is 0. The monoisotopic (exact) mass is 399 g/mol. The van der Waals surface area contributed by atoms with E-state index in [0.29, 0.717) is 50.3 Å². The Morgan fingerprint density at radius 1 is 1.17 bits per heavy atom. The van der Waals surface area contributed by atoms with Gasteiger partial charge in [-0.3, -0.25) is 14.5 Å². The van der Waals surface area contributed by atoms with Crippen molar-refractivity contribution in [3.8, 4) is 0 Å². The highest BCUT2D eigenvalue weighted by molar-refractivity contribution is 9.10. The molecule has 1 aliphatic heterocycles. The number of hydrogen-bond donors (Lipinski definition) is 0. The first kappa shape index (κ1) is 18.9. The van der Waals surface area contributed by atoms with Crippen molar-refractivity contribution in [2.45, 2.75) is 13.8 Å². The molecule has 2 rings (SSSR count). The normalized spacial score (nSPS) is 15.4. The molecule has 1 fully saturated rings. The zero-order chi connectivity index (χ0) is 17.7. The molecule has 0 bridgehead atoms. The maximum atomic E-state index is 13.9. The molecule has 24 heavy (non-hydrogen) atoms. The highest BCUT2D eigenvalue weighted by Crippen LogP contribution is 2.18. The lowest BCUT2D eigenvalue weighted by atomic mass is 10.1. The SMILES string of the molecule is CCN(CC)C(=O)CN1CCN(C(=O)c2cc(Br)ccc2F)CC1. The van der Waals surface area contributed by atoms with Gasteiger partial charge in [0.15, 0.2) is 0 Å². The number of hydrogen-bond acceptors (Lipinski definition) is 3. The second-order valence-electron chi connectivity index (χ2n) is 5.76. The first-order valence-corrected chi connectivity index (χ1v) is 9.00. The summed E-state index contributed by atoms with van der Waals surface area (Å²) in [4.78, 5) is 30.1. The quantitative estimate of drug-likeness (QED) is 0.762. The van der Waals surface area contributed by atoms with Gasteiger partial charge in [-0.15, -0.1) is 0 Å². The molecule has 0 radical (unpaired) electrons. The van der Waals surface area contributed by atoms with Crippen LogP contribution in [-0.2, 0) is 4.79 Å². The summed E-state index contributed by atoms with van der Waals surface area (Å²) in [7, 11) is 0. The van der Waals surface area contributed by atoms with Crippen molar-refractivity contribution in [3.63, 3.8) is 0 Å². The number of likely N-dealkylation sites (N-methyl/N-ethyl adjacent to an activating group) is 1. The van der Waals surface area contributed by atoms with E-state index in [2.05, 4.69) is 15.9 Å². The van der Waals surface area contributed by atoms with E-state index in [1.54, 1.807) is 15.9 Å². The molecule has 132 valence electrons. The molecule has 1 heterocycles. The van der Waals surface area contributed by atoms with Gasteiger partial charge in [0.05, 0.1) is 12.1 Å². The summed E-state index contributed by atoms with van der Waals surface area (Å²) in [5.41, 5.74) is 0.0806. The van der Waals surface area contributed by atoms with E-state index >= 15 is 0 Å². The van der Waals surface area contributed by atoms with Gasteiger partial charge in [-0.25, -0.2) is 4.39 Å². The highest BCUT2D eigenvalue weighted by atomic mass is 79.9. The molecule has 1 aromatic rings. The molecule has 0 aliphatic carbocycles. The second-order valence-corrected chi connectivity index (χ2v) is 6.67. The number of benzene rings is 1. The second kappa shape index (κ2) is 8.58. The number of amides is 2. The molecule has 2 amide bonds. The van der Waals surface area contributed by atoms with Crippen LogP contribution in [-0.4, -0.2) is 72.3 Å². The predicted molar refractivity (Wildman–Crippen MR) is 94.4 cm³/mol. The first-order valence-electron chi connectivity index (χ1n) is 8.20. The van der Waals surface area contributed by atoms with E-state index in [-0.39, 0.29) is 17.4 Å². The van der Waals surface area contributed by atoms with Crippen LogP contribution in [0.2, 0.25) is 0 Å². The molecule has 1 aromatic carbocycles. The standard InChI is InChI=1S/C17H23BrFN3O2/c1-3-21(4-2)16(23)12-20-7-9-22(10-8-20)17(24)14-11-13(18)5-6-15(14)19/h5-6,11H,3-4,7-10,12H2,1-2H3. The molecule has 1 aliphatic rings. The molecule has 5 nitrogen and oxygen atoms in total. The Bertz CT molecular complexity index is 599. The van der Waals surface area contributed by atoms with E-state index < -0.39 is 5.82 Å². The van der Waals surface area contributed by atoms with Crippen LogP contribution in [0.25, 0.3) is 0 Å². The molecule has 1 saturated heterocycles. The number of nitrogens with zero attached hydrogens (tertiary/aromatic N) is 3. The summed E-state index contributed by atoms with van der Waals surface area (Å²) < 4.78 is 14.5. The molecular formula is C17H23BrFN3O2. The maximum Gasteiger partial charge on any atom is 0.256 e. The fraction of sp³-hybridized carbons (Fsp3) is 0.529. The Balaban J connectivity index is 1.91. The summed E-state index contributed by atoms with van der Waals surface area (Å²) in [6.07, 6.45) is 0. The molecule has 0 N–H and O–H groups in total. The van der Waals surface area contributed by atoms with E-state index in [9.17, 15) is 14.0 Å². The molecule has 0 spiro atoms. The largest absolute Gasteiger partial charge is 0.342 e. The van der Waals surface area contributed by atoms with E-state index in [1.165, 1.54) is 12.1 Å². The van der Waals surface area contributed by atoms with Crippen LogP contribution in [0.3, 0.4) is 0 Å². The Morgan fingerprint density at radius 3 is 2.38 bits per heavy atom. The fourth-order valence-corrected chi connectivity index (χ4v) is 3.17. The van der Waals surface area contributed by atoms with Crippen LogP contribution < -0.4 is 0 Å². The van der Waals surface area contributed by atoms with Crippen LogP contribution in [0.1, 0.15) is 24.2 Å². The van der Waals surface area contributed by atoms with Crippen LogP contribution >= 0.6 is 15.9 Å². The summed E-state index contributed by atoms with van der Waals surface area (Å²) >= 11 is 3.26. The van der Waals surface area contributed by atoms with Gasteiger partial charge in [0.2, 0.25) is 5.91 Å². The number of carbonyl (C=O) groups excluding carboxylic acids is 2. The Labute approximate surface area is 150 Å². The smallest absolute Gasteiger partial charge is 0.256 e. The van der Waals surface area contributed by atoms with Gasteiger partial charge in [-0.1, -0.05) is 15.9 Å². The van der Waals surface area contributed by atoms with Crippen molar-refractivity contribution in [2.24, 2.45) is 0 Å². The maximum absolute atomic E-state index is 13.9. The predicted octanol–water partition coefficient (Wildman–Crippen LogP) is 2.21. The van der Waals surface area contributed by atoms with E-state index in [1.807, 2.05) is 18.7 Å². The van der Waals surface area contributed by atoms with Crippen molar-refractivity contribution in [2.75, 3.05) is 45.8 Å². The third kappa shape index (κ3) is 4.54. The van der Waals surface area contributed by atoms with Gasteiger partial charge in [-0.2, -0.15) is 0 Å². The zero-order valence-electron chi connectivity index (χ0n) is 14.1. The third-order valence-electron chi connectivity index (χ3n) is 4.29. The lowest BCUT2D eigenvalue weighted by Gasteiger charge is -2.35. The number of carbonyl (C=O) groups is 2. The first-order chi connectivity index (χ1) is 11.5. The van der Waals surface area contributed by atoms with Crippen molar-refractivity contribution in [1.29, 1.82) is 0 Å². The molecule has 0 aromatic heterocycles. The molecule has 0 unspecified atom stereocenters. The minimum absolute atomic E-state index is 0.0806.